The van der Waals surface area contributed by atoms with Crippen LogP contribution in [0.5, 0.6) is 0 Å². The van der Waals surface area contributed by atoms with Crippen molar-refractivity contribution in [3.63, 3.8) is 0 Å². The second-order valence-electron chi connectivity index (χ2n) is 4.10. The Kier molecular flexibility index (Phi) is 4.48. The Bertz CT molecular complexity index is 614. The van der Waals surface area contributed by atoms with Gasteiger partial charge in [-0.1, -0.05) is 0 Å². The highest BCUT2D eigenvalue weighted by Crippen LogP contribution is 2.30. The molecule has 1 saturated heterocycles. The minimum absolute atomic E-state index is 0.306. The normalized spacial score (nSPS) is 16.9. The Balaban J connectivity index is 2.50. The first-order valence-corrected chi connectivity index (χ1v) is 8.39. The molecule has 0 amide bonds. The van der Waals surface area contributed by atoms with Crippen LogP contribution in [0.25, 0.3) is 0 Å². The van der Waals surface area contributed by atoms with Crippen LogP contribution >= 0.6 is 11.8 Å². The van der Waals surface area contributed by atoms with Gasteiger partial charge in [0.2, 0.25) is 10.0 Å². The first-order valence-electron chi connectivity index (χ1n) is 5.80. The van der Waals surface area contributed by atoms with E-state index in [1.54, 1.807) is 11.8 Å². The molecule has 0 atom stereocenters. The fourth-order valence-electron chi connectivity index (χ4n) is 1.89. The number of hydrazine groups is 1. The van der Waals surface area contributed by atoms with E-state index in [-0.39, 0.29) is 4.90 Å². The minimum atomic E-state index is -3.89. The molecule has 0 spiro atoms. The maximum atomic E-state index is 12.5. The Labute approximate surface area is 120 Å². The van der Waals surface area contributed by atoms with Crippen LogP contribution in [-0.2, 0) is 10.0 Å². The third kappa shape index (κ3) is 2.87. The van der Waals surface area contributed by atoms with Crippen molar-refractivity contribution in [1.82, 2.24) is 4.31 Å². The SMILES string of the molecule is NNc1ccc([N+](=O)[O-])c(S(=O)(=O)N2CCSCC2)c1. The first-order chi connectivity index (χ1) is 9.46. The van der Waals surface area contributed by atoms with Crippen molar-refractivity contribution in [2.45, 2.75) is 4.90 Å². The number of rotatable bonds is 4. The molecule has 1 aromatic rings. The molecule has 0 saturated carbocycles. The molecule has 1 aromatic carbocycles. The van der Waals surface area contributed by atoms with E-state index in [0.717, 1.165) is 6.07 Å². The molecule has 8 nitrogen and oxygen atoms in total. The van der Waals surface area contributed by atoms with Crippen LogP contribution in [-0.4, -0.2) is 42.2 Å². The lowest BCUT2D eigenvalue weighted by molar-refractivity contribution is -0.387. The highest BCUT2D eigenvalue weighted by Gasteiger charge is 2.32. The maximum Gasteiger partial charge on any atom is 0.289 e. The lowest BCUT2D eigenvalue weighted by atomic mass is 10.3. The number of nitrogen functional groups attached to an aromatic ring is 1. The monoisotopic (exact) mass is 318 g/mol. The average Bonchev–Trinajstić information content (AvgIpc) is 2.47. The Morgan fingerprint density at radius 2 is 2.00 bits per heavy atom. The highest BCUT2D eigenvalue weighted by atomic mass is 32.2. The standard InChI is InChI=1S/C10H14N4O4S2/c11-12-8-1-2-9(14(15)16)10(7-8)20(17,18)13-3-5-19-6-4-13/h1-2,7,12H,3-6,11H2. The predicted molar refractivity (Wildman–Crippen MR) is 77.0 cm³/mol. The predicted octanol–water partition coefficient (Wildman–Crippen LogP) is 0.618. The number of thioether (sulfide) groups is 1. The lowest BCUT2D eigenvalue weighted by Crippen LogP contribution is -2.38. The molecule has 0 unspecified atom stereocenters. The smallest absolute Gasteiger partial charge is 0.289 e. The van der Waals surface area contributed by atoms with Gasteiger partial charge in [-0.15, -0.1) is 0 Å². The minimum Gasteiger partial charge on any atom is -0.324 e. The molecule has 0 radical (unpaired) electrons. The van der Waals surface area contributed by atoms with Crippen LogP contribution in [0, 0.1) is 10.1 Å². The summed E-state index contributed by atoms with van der Waals surface area (Å²) in [7, 11) is -3.89. The summed E-state index contributed by atoms with van der Waals surface area (Å²) in [6.45, 7) is 0.703. The van der Waals surface area contributed by atoms with Crippen LogP contribution < -0.4 is 11.3 Å². The number of hydrogen-bond acceptors (Lipinski definition) is 7. The Hall–Kier alpha value is -1.36. The van der Waals surface area contributed by atoms with E-state index in [1.807, 2.05) is 0 Å². The fraction of sp³-hybridized carbons (Fsp3) is 0.400. The second-order valence-corrected chi connectivity index (χ2v) is 7.23. The zero-order chi connectivity index (χ0) is 14.8. The van der Waals surface area contributed by atoms with E-state index in [2.05, 4.69) is 5.43 Å². The molecule has 0 bridgehead atoms. The van der Waals surface area contributed by atoms with Gasteiger partial charge < -0.3 is 5.43 Å². The topological polar surface area (TPSA) is 119 Å². The lowest BCUT2D eigenvalue weighted by Gasteiger charge is -2.25. The van der Waals surface area contributed by atoms with E-state index in [4.69, 9.17) is 5.84 Å². The molecule has 1 fully saturated rings. The summed E-state index contributed by atoms with van der Waals surface area (Å²) >= 11 is 1.66. The quantitative estimate of drug-likeness (QED) is 0.474. The summed E-state index contributed by atoms with van der Waals surface area (Å²) < 4.78 is 26.3. The molecule has 0 aliphatic carbocycles. The van der Waals surface area contributed by atoms with Gasteiger partial charge in [0.25, 0.3) is 5.69 Å². The number of anilines is 1. The number of nitrogens with two attached hydrogens (primary N) is 1. The van der Waals surface area contributed by atoms with Gasteiger partial charge in [0.15, 0.2) is 4.90 Å². The molecular weight excluding hydrogens is 304 g/mol. The summed E-state index contributed by atoms with van der Waals surface area (Å²) in [5, 5.41) is 11.0. The van der Waals surface area contributed by atoms with Crippen LogP contribution in [0.3, 0.4) is 0 Å². The highest BCUT2D eigenvalue weighted by molar-refractivity contribution is 7.99. The van der Waals surface area contributed by atoms with Crippen LogP contribution in [0.2, 0.25) is 0 Å². The summed E-state index contributed by atoms with van der Waals surface area (Å²) in [4.78, 5) is 9.99. The van der Waals surface area contributed by atoms with Gasteiger partial charge in [0, 0.05) is 30.7 Å². The third-order valence-electron chi connectivity index (χ3n) is 2.91. The molecular formula is C10H14N4O4S2. The number of nitro groups is 1. The van der Waals surface area contributed by atoms with Crippen molar-refractivity contribution in [3.8, 4) is 0 Å². The molecule has 1 aliphatic heterocycles. The molecule has 0 aromatic heterocycles. The van der Waals surface area contributed by atoms with E-state index in [9.17, 15) is 18.5 Å². The third-order valence-corrected chi connectivity index (χ3v) is 5.78. The largest absolute Gasteiger partial charge is 0.324 e. The summed E-state index contributed by atoms with van der Waals surface area (Å²) in [5.41, 5.74) is 2.16. The van der Waals surface area contributed by atoms with E-state index < -0.39 is 20.6 Å². The fourth-order valence-corrected chi connectivity index (χ4v) is 4.65. The van der Waals surface area contributed by atoms with Crippen molar-refractivity contribution >= 4 is 33.2 Å². The Morgan fingerprint density at radius 1 is 1.35 bits per heavy atom. The van der Waals surface area contributed by atoms with Gasteiger partial charge in [-0.2, -0.15) is 16.1 Å². The van der Waals surface area contributed by atoms with E-state index in [0.29, 0.717) is 30.3 Å². The zero-order valence-corrected chi connectivity index (χ0v) is 12.1. The van der Waals surface area contributed by atoms with Crippen molar-refractivity contribution in [3.05, 3.63) is 28.3 Å². The second kappa shape index (κ2) is 5.95. The van der Waals surface area contributed by atoms with Gasteiger partial charge in [-0.3, -0.25) is 16.0 Å². The summed E-state index contributed by atoms with van der Waals surface area (Å²) in [6.07, 6.45) is 0. The molecule has 2 rings (SSSR count). The molecule has 1 heterocycles. The van der Waals surface area contributed by atoms with E-state index in [1.165, 1.54) is 16.4 Å². The van der Waals surface area contributed by atoms with Crippen molar-refractivity contribution in [1.29, 1.82) is 0 Å². The van der Waals surface area contributed by atoms with Crippen molar-refractivity contribution in [2.75, 3.05) is 30.0 Å². The van der Waals surface area contributed by atoms with Crippen LogP contribution in [0.15, 0.2) is 23.1 Å². The number of sulfonamides is 1. The van der Waals surface area contributed by atoms with Gasteiger partial charge in [-0.25, -0.2) is 8.42 Å². The summed E-state index contributed by atoms with van der Waals surface area (Å²) in [5.74, 6) is 6.60. The maximum absolute atomic E-state index is 12.5. The zero-order valence-electron chi connectivity index (χ0n) is 10.5. The van der Waals surface area contributed by atoms with Gasteiger partial charge in [-0.05, 0) is 12.1 Å². The Morgan fingerprint density at radius 3 is 2.55 bits per heavy atom. The van der Waals surface area contributed by atoms with Crippen molar-refractivity contribution < 1.29 is 13.3 Å². The molecule has 1 aliphatic rings. The van der Waals surface area contributed by atoms with Gasteiger partial charge in [0.1, 0.15) is 0 Å². The van der Waals surface area contributed by atoms with E-state index >= 15 is 0 Å². The van der Waals surface area contributed by atoms with Gasteiger partial charge >= 0.3 is 0 Å². The molecule has 20 heavy (non-hydrogen) atoms. The van der Waals surface area contributed by atoms with Gasteiger partial charge in [0.05, 0.1) is 10.6 Å². The van der Waals surface area contributed by atoms with Crippen LogP contribution in [0.1, 0.15) is 0 Å². The first kappa shape index (κ1) is 15.0. The molecule has 10 heteroatoms. The summed E-state index contributed by atoms with van der Waals surface area (Å²) in [6, 6.07) is 3.69. The van der Waals surface area contributed by atoms with Crippen LogP contribution in [0.4, 0.5) is 11.4 Å². The number of nitro benzene ring substituents is 1. The number of nitrogens with one attached hydrogen (secondary N) is 1. The number of benzene rings is 1. The average molecular weight is 318 g/mol. The number of nitrogens with zero attached hydrogens (tertiary/aromatic N) is 2. The number of hydrogen-bond donors (Lipinski definition) is 2. The molecule has 110 valence electrons. The molecule has 3 N–H and O–H groups in total. The van der Waals surface area contributed by atoms with Crippen molar-refractivity contribution in [2.24, 2.45) is 5.84 Å².